The molecule has 0 fully saturated rings. The Morgan fingerprint density at radius 1 is 0.925 bits per heavy atom. The van der Waals surface area contributed by atoms with Crippen molar-refractivity contribution in [2.75, 3.05) is 77.5 Å². The molecular weight excluding hydrogens is 699 g/mol. The molecule has 0 N–H and O–H groups in total. The molecule has 0 spiro atoms. The third-order valence-electron chi connectivity index (χ3n) is 7.84. The molecule has 0 aliphatic carbocycles. The number of nitrogens with zero attached hydrogens (tertiary/aromatic N) is 5. The second kappa shape index (κ2) is 23.2. The number of azo groups is 1. The Morgan fingerprint density at radius 3 is 2.15 bits per heavy atom. The van der Waals surface area contributed by atoms with E-state index in [4.69, 9.17) is 35.0 Å². The Bertz CT molecular complexity index is 1750. The molecule has 53 heavy (non-hydrogen) atoms. The molecule has 1 heterocycles. The smallest absolute Gasteiger partial charge is 0.338 e. The largest absolute Gasteiger partial charge is 0.460 e. The molecule has 1 atom stereocenters. The standard InChI is InChI=1S/C39H49N5O8S/c1-8-44(31-13-14-35(28(4)23-31)42-43-38-37(41-7)29(5)36(24-40)53-38)25-32(26-52-27(2)3)50-21-19-48-17-15-47-16-18-49-20-22-51-39(46)34-12-10-9-11-33(34)30(6)45/h9-14,23,27,32H,8,15-22,25-26H2,1-6H3. The predicted octanol–water partition coefficient (Wildman–Crippen LogP) is 7.95. The summed E-state index contributed by atoms with van der Waals surface area (Å²) in [5.41, 5.74) is 4.20. The van der Waals surface area contributed by atoms with Gasteiger partial charge in [-0.25, -0.2) is 9.64 Å². The van der Waals surface area contributed by atoms with Crippen molar-refractivity contribution in [3.05, 3.63) is 81.0 Å². The van der Waals surface area contributed by atoms with Crippen LogP contribution in [0.2, 0.25) is 0 Å². The number of aryl methyl sites for hydroxylation is 1. The average molecular weight is 748 g/mol. The molecule has 1 aromatic heterocycles. The van der Waals surface area contributed by atoms with Crippen LogP contribution in [0.15, 0.2) is 52.7 Å². The number of hydrogen-bond donors (Lipinski definition) is 0. The zero-order valence-corrected chi connectivity index (χ0v) is 32.2. The summed E-state index contributed by atoms with van der Waals surface area (Å²) in [5, 5.41) is 18.5. The summed E-state index contributed by atoms with van der Waals surface area (Å²) >= 11 is 1.17. The van der Waals surface area contributed by atoms with Gasteiger partial charge in [-0.15, -0.1) is 11.3 Å². The number of hydrogen-bond acceptors (Lipinski definition) is 13. The van der Waals surface area contributed by atoms with E-state index in [1.54, 1.807) is 31.2 Å². The minimum atomic E-state index is -0.556. The monoisotopic (exact) mass is 747 g/mol. The van der Waals surface area contributed by atoms with Crippen molar-refractivity contribution in [3.8, 4) is 6.07 Å². The third-order valence-corrected chi connectivity index (χ3v) is 8.91. The molecule has 0 radical (unpaired) electrons. The van der Waals surface area contributed by atoms with Gasteiger partial charge in [0.2, 0.25) is 5.69 Å². The molecule has 0 bridgehead atoms. The summed E-state index contributed by atoms with van der Waals surface area (Å²) in [6, 6.07) is 14.6. The van der Waals surface area contributed by atoms with Crippen molar-refractivity contribution in [2.45, 2.75) is 53.8 Å². The van der Waals surface area contributed by atoms with Crippen LogP contribution in [0.4, 0.5) is 22.1 Å². The Kier molecular flexibility index (Phi) is 18.8. The highest BCUT2D eigenvalue weighted by Gasteiger charge is 2.18. The van der Waals surface area contributed by atoms with Crippen molar-refractivity contribution in [3.63, 3.8) is 0 Å². The van der Waals surface area contributed by atoms with E-state index in [1.165, 1.54) is 18.3 Å². The van der Waals surface area contributed by atoms with Crippen molar-refractivity contribution >= 4 is 45.2 Å². The molecule has 0 aliphatic heterocycles. The predicted molar refractivity (Wildman–Crippen MR) is 203 cm³/mol. The number of benzene rings is 2. The molecule has 13 nitrogen and oxygen atoms in total. The summed E-state index contributed by atoms with van der Waals surface area (Å²) in [7, 11) is 0. The molecular formula is C39H49N5O8S. The molecule has 0 saturated carbocycles. The minimum absolute atomic E-state index is 0.0606. The molecule has 1 unspecified atom stereocenters. The number of likely N-dealkylation sites (N-methyl/N-ethyl adjacent to an activating group) is 1. The molecule has 0 saturated heterocycles. The first-order valence-corrected chi connectivity index (χ1v) is 18.3. The molecule has 0 aliphatic rings. The second-order valence-electron chi connectivity index (χ2n) is 12.1. The number of ether oxygens (including phenoxy) is 6. The van der Waals surface area contributed by atoms with Crippen LogP contribution in [-0.4, -0.2) is 96.5 Å². The van der Waals surface area contributed by atoms with Crippen LogP contribution in [0.25, 0.3) is 4.85 Å². The van der Waals surface area contributed by atoms with Crippen molar-refractivity contribution in [2.24, 2.45) is 10.2 Å². The average Bonchev–Trinajstić information content (AvgIpc) is 3.47. The topological polar surface area (TPSA) is 146 Å². The number of nitriles is 1. The number of esters is 1. The lowest BCUT2D eigenvalue weighted by atomic mass is 10.0. The van der Waals surface area contributed by atoms with Gasteiger partial charge in [-0.05, 0) is 76.9 Å². The minimum Gasteiger partial charge on any atom is -0.460 e. The highest BCUT2D eigenvalue weighted by molar-refractivity contribution is 7.17. The molecule has 2 aromatic carbocycles. The van der Waals surface area contributed by atoms with E-state index < -0.39 is 5.97 Å². The quantitative estimate of drug-likeness (QED) is 0.0291. The maximum Gasteiger partial charge on any atom is 0.338 e. The molecule has 0 amide bonds. The van der Waals surface area contributed by atoms with Gasteiger partial charge in [-0.3, -0.25) is 4.79 Å². The first-order chi connectivity index (χ1) is 25.6. The van der Waals surface area contributed by atoms with E-state index in [9.17, 15) is 14.9 Å². The van der Waals surface area contributed by atoms with E-state index in [0.29, 0.717) is 85.2 Å². The normalized spacial score (nSPS) is 11.8. The van der Waals surface area contributed by atoms with Crippen LogP contribution in [0, 0.1) is 31.8 Å². The SMILES string of the molecule is [C-]#[N+]c1c(N=Nc2ccc(N(CC)CC(COC(C)C)OCCOCCOCCOCCOC(=O)c3ccccc3C(C)=O)cc2C)sc(C#N)c1C. The van der Waals surface area contributed by atoms with Crippen LogP contribution in [0.5, 0.6) is 0 Å². The maximum atomic E-state index is 12.3. The fourth-order valence-corrected chi connectivity index (χ4v) is 5.88. The van der Waals surface area contributed by atoms with Gasteiger partial charge in [0, 0.05) is 24.3 Å². The summed E-state index contributed by atoms with van der Waals surface area (Å²) in [5.74, 6) is -0.751. The first-order valence-electron chi connectivity index (χ1n) is 17.5. The number of carbonyl (C=O) groups is 2. The van der Waals surface area contributed by atoms with Gasteiger partial charge < -0.3 is 33.3 Å². The van der Waals surface area contributed by atoms with Gasteiger partial charge in [0.1, 0.15) is 17.7 Å². The summed E-state index contributed by atoms with van der Waals surface area (Å²) < 4.78 is 34.0. The van der Waals surface area contributed by atoms with Crippen LogP contribution in [0.1, 0.15) is 64.4 Å². The molecule has 284 valence electrons. The zero-order valence-electron chi connectivity index (χ0n) is 31.4. The molecule has 3 rings (SSSR count). The van der Waals surface area contributed by atoms with Crippen molar-refractivity contribution in [1.82, 2.24) is 0 Å². The summed E-state index contributed by atoms with van der Waals surface area (Å²) in [4.78, 5) is 30.2. The number of carbonyl (C=O) groups excluding carboxylic acids is 2. The highest BCUT2D eigenvalue weighted by Crippen LogP contribution is 2.42. The van der Waals surface area contributed by atoms with E-state index in [1.807, 2.05) is 32.9 Å². The summed E-state index contributed by atoms with van der Waals surface area (Å²) in [6.07, 6.45) is -0.133. The van der Waals surface area contributed by atoms with Gasteiger partial charge in [0.25, 0.3) is 0 Å². The van der Waals surface area contributed by atoms with Crippen LogP contribution in [0.3, 0.4) is 0 Å². The van der Waals surface area contributed by atoms with Crippen LogP contribution >= 0.6 is 11.3 Å². The first kappa shape index (κ1) is 42.9. The van der Waals surface area contributed by atoms with Gasteiger partial charge in [0.15, 0.2) is 5.78 Å². The lowest BCUT2D eigenvalue weighted by Gasteiger charge is -2.29. The van der Waals surface area contributed by atoms with Gasteiger partial charge in [-0.2, -0.15) is 15.5 Å². The summed E-state index contributed by atoms with van der Waals surface area (Å²) in [6.45, 7) is 23.0. The second-order valence-corrected chi connectivity index (χ2v) is 13.1. The van der Waals surface area contributed by atoms with E-state index in [2.05, 4.69) is 39.0 Å². The highest BCUT2D eigenvalue weighted by atomic mass is 32.1. The molecule has 3 aromatic rings. The Morgan fingerprint density at radius 2 is 1.57 bits per heavy atom. The Balaban J connectivity index is 1.36. The fraction of sp³-hybridized carbons (Fsp3) is 0.487. The maximum absolute atomic E-state index is 12.3. The third kappa shape index (κ3) is 14.1. The fourth-order valence-electron chi connectivity index (χ4n) is 5.01. The van der Waals surface area contributed by atoms with Crippen LogP contribution < -0.4 is 4.90 Å². The van der Waals surface area contributed by atoms with Crippen molar-refractivity contribution in [1.29, 1.82) is 5.26 Å². The molecule has 14 heteroatoms. The number of rotatable bonds is 24. The number of anilines is 1. The van der Waals surface area contributed by atoms with E-state index in [0.717, 1.165) is 17.8 Å². The van der Waals surface area contributed by atoms with Crippen LogP contribution in [-0.2, 0) is 28.4 Å². The van der Waals surface area contributed by atoms with Gasteiger partial charge in [0.05, 0.1) is 87.8 Å². The number of thiophene rings is 1. The number of ketones is 1. The van der Waals surface area contributed by atoms with E-state index >= 15 is 0 Å². The van der Waals surface area contributed by atoms with Crippen molar-refractivity contribution < 1.29 is 38.0 Å². The van der Waals surface area contributed by atoms with E-state index in [-0.39, 0.29) is 36.8 Å². The van der Waals surface area contributed by atoms with Gasteiger partial charge in [-0.1, -0.05) is 18.2 Å². The lowest BCUT2D eigenvalue weighted by Crippen LogP contribution is -2.38. The zero-order chi connectivity index (χ0) is 38.6. The van der Waals surface area contributed by atoms with Gasteiger partial charge >= 0.3 is 5.97 Å². The number of Topliss-reactive ketones (excluding diaryl/α,β-unsaturated/α-hetero) is 1. The lowest BCUT2D eigenvalue weighted by molar-refractivity contribution is -0.0535. The Labute approximate surface area is 316 Å². The Hall–Kier alpha value is -4.54.